The molecular weight excluding hydrogens is 254 g/mol. The molecule has 1 atom stereocenters. The van der Waals surface area contributed by atoms with Crippen molar-refractivity contribution in [2.24, 2.45) is 11.7 Å². The van der Waals surface area contributed by atoms with Crippen LogP contribution in [0.5, 0.6) is 0 Å². The number of anilines is 1. The van der Waals surface area contributed by atoms with Crippen LogP contribution in [0, 0.1) is 5.92 Å². The summed E-state index contributed by atoms with van der Waals surface area (Å²) in [6.45, 7) is 0. The fraction of sp³-hybridized carbons (Fsp3) is 0.357. The van der Waals surface area contributed by atoms with E-state index in [4.69, 9.17) is 5.73 Å². The zero-order valence-corrected chi connectivity index (χ0v) is 11.1. The first kappa shape index (κ1) is 12.8. The van der Waals surface area contributed by atoms with Crippen LogP contribution in [0.4, 0.5) is 5.69 Å². The van der Waals surface area contributed by atoms with E-state index in [2.05, 4.69) is 15.6 Å². The molecular formula is C14H17N5O. The minimum atomic E-state index is -0.0584. The van der Waals surface area contributed by atoms with Gasteiger partial charge in [-0.2, -0.15) is 0 Å². The SMILES string of the molecule is NC(CC(=O)Nc1ccccc1-n1ccnn1)C1CC1. The molecule has 3 rings (SSSR count). The van der Waals surface area contributed by atoms with Crippen molar-refractivity contribution >= 4 is 11.6 Å². The second kappa shape index (κ2) is 5.42. The smallest absolute Gasteiger partial charge is 0.226 e. The van der Waals surface area contributed by atoms with Gasteiger partial charge < -0.3 is 11.1 Å². The lowest BCUT2D eigenvalue weighted by molar-refractivity contribution is -0.116. The lowest BCUT2D eigenvalue weighted by Gasteiger charge is -2.13. The summed E-state index contributed by atoms with van der Waals surface area (Å²) < 4.78 is 1.62. The van der Waals surface area contributed by atoms with Gasteiger partial charge in [0.15, 0.2) is 0 Å². The average molecular weight is 271 g/mol. The van der Waals surface area contributed by atoms with Gasteiger partial charge in [-0.05, 0) is 30.9 Å². The van der Waals surface area contributed by atoms with E-state index in [1.807, 2.05) is 24.3 Å². The van der Waals surface area contributed by atoms with Crippen molar-refractivity contribution in [2.45, 2.75) is 25.3 Å². The molecule has 0 radical (unpaired) electrons. The number of para-hydroxylation sites is 2. The third-order valence-electron chi connectivity index (χ3n) is 3.50. The number of carbonyl (C=O) groups excluding carboxylic acids is 1. The van der Waals surface area contributed by atoms with E-state index >= 15 is 0 Å². The van der Waals surface area contributed by atoms with Gasteiger partial charge in [0, 0.05) is 12.5 Å². The zero-order valence-electron chi connectivity index (χ0n) is 11.1. The van der Waals surface area contributed by atoms with Crippen molar-refractivity contribution in [3.63, 3.8) is 0 Å². The number of nitrogens with one attached hydrogen (secondary N) is 1. The maximum Gasteiger partial charge on any atom is 0.226 e. The van der Waals surface area contributed by atoms with Crippen molar-refractivity contribution in [3.8, 4) is 5.69 Å². The van der Waals surface area contributed by atoms with E-state index in [1.54, 1.807) is 17.1 Å². The summed E-state index contributed by atoms with van der Waals surface area (Å²) in [4.78, 5) is 12.0. The summed E-state index contributed by atoms with van der Waals surface area (Å²) >= 11 is 0. The Bertz CT molecular complexity index is 591. The number of nitrogens with two attached hydrogens (primary N) is 1. The molecule has 1 saturated carbocycles. The lowest BCUT2D eigenvalue weighted by atomic mass is 10.1. The molecule has 0 spiro atoms. The highest BCUT2D eigenvalue weighted by Crippen LogP contribution is 2.33. The fourth-order valence-electron chi connectivity index (χ4n) is 2.22. The van der Waals surface area contributed by atoms with E-state index in [9.17, 15) is 4.79 Å². The van der Waals surface area contributed by atoms with Crippen LogP contribution in [-0.2, 0) is 4.79 Å². The van der Waals surface area contributed by atoms with Gasteiger partial charge in [-0.1, -0.05) is 17.3 Å². The largest absolute Gasteiger partial charge is 0.327 e. The molecule has 6 heteroatoms. The molecule has 3 N–H and O–H groups in total. The van der Waals surface area contributed by atoms with Crippen LogP contribution in [0.1, 0.15) is 19.3 Å². The van der Waals surface area contributed by atoms with E-state index in [0.717, 1.165) is 18.5 Å². The second-order valence-electron chi connectivity index (χ2n) is 5.12. The lowest BCUT2D eigenvalue weighted by Crippen LogP contribution is -2.29. The van der Waals surface area contributed by atoms with E-state index in [-0.39, 0.29) is 11.9 Å². The summed E-state index contributed by atoms with van der Waals surface area (Å²) in [5.41, 5.74) is 7.48. The highest BCUT2D eigenvalue weighted by molar-refractivity contribution is 5.93. The Hall–Kier alpha value is -2.21. The number of hydrogen-bond donors (Lipinski definition) is 2. The second-order valence-corrected chi connectivity index (χ2v) is 5.12. The minimum absolute atomic E-state index is 0.0338. The first-order valence-corrected chi connectivity index (χ1v) is 6.75. The van der Waals surface area contributed by atoms with Gasteiger partial charge in [-0.25, -0.2) is 4.68 Å². The quantitative estimate of drug-likeness (QED) is 0.859. The van der Waals surface area contributed by atoms with Crippen LogP contribution in [0.2, 0.25) is 0 Å². The number of nitrogens with zero attached hydrogens (tertiary/aromatic N) is 3. The summed E-state index contributed by atoms with van der Waals surface area (Å²) in [6.07, 6.45) is 5.98. The van der Waals surface area contributed by atoms with Gasteiger partial charge in [0.05, 0.1) is 23.8 Å². The summed E-state index contributed by atoms with van der Waals surface area (Å²) in [7, 11) is 0. The van der Waals surface area contributed by atoms with Crippen LogP contribution < -0.4 is 11.1 Å². The summed E-state index contributed by atoms with van der Waals surface area (Å²) in [5.74, 6) is 0.461. The van der Waals surface area contributed by atoms with Gasteiger partial charge in [0.1, 0.15) is 0 Å². The molecule has 1 aliphatic rings. The third kappa shape index (κ3) is 2.85. The molecule has 0 bridgehead atoms. The number of hydrogen-bond acceptors (Lipinski definition) is 4. The molecule has 0 aliphatic heterocycles. The molecule has 1 aliphatic carbocycles. The van der Waals surface area contributed by atoms with Gasteiger partial charge in [0.2, 0.25) is 5.91 Å². The molecule has 1 amide bonds. The Morgan fingerprint density at radius 3 is 2.95 bits per heavy atom. The number of amides is 1. The summed E-state index contributed by atoms with van der Waals surface area (Å²) in [5, 5.41) is 10.6. The molecule has 1 aromatic carbocycles. The highest BCUT2D eigenvalue weighted by Gasteiger charge is 2.29. The van der Waals surface area contributed by atoms with E-state index in [1.165, 1.54) is 0 Å². The van der Waals surface area contributed by atoms with Gasteiger partial charge in [0.25, 0.3) is 0 Å². The van der Waals surface area contributed by atoms with E-state index in [0.29, 0.717) is 18.0 Å². The first-order valence-electron chi connectivity index (χ1n) is 6.75. The molecule has 6 nitrogen and oxygen atoms in total. The van der Waals surface area contributed by atoms with E-state index < -0.39 is 0 Å². The molecule has 2 aromatic rings. The Labute approximate surface area is 117 Å². The van der Waals surface area contributed by atoms with Crippen molar-refractivity contribution < 1.29 is 4.79 Å². The summed E-state index contributed by atoms with van der Waals surface area (Å²) in [6, 6.07) is 7.45. The predicted octanol–water partition coefficient (Wildman–Crippen LogP) is 1.33. The van der Waals surface area contributed by atoms with Crippen LogP contribution in [0.15, 0.2) is 36.7 Å². The number of aromatic nitrogens is 3. The number of rotatable bonds is 5. The average Bonchev–Trinajstić information content (AvgIpc) is 3.15. The van der Waals surface area contributed by atoms with Crippen LogP contribution in [0.3, 0.4) is 0 Å². The molecule has 1 unspecified atom stereocenters. The molecule has 0 saturated heterocycles. The fourth-order valence-corrected chi connectivity index (χ4v) is 2.22. The van der Waals surface area contributed by atoms with Crippen molar-refractivity contribution in [2.75, 3.05) is 5.32 Å². The van der Waals surface area contributed by atoms with Crippen molar-refractivity contribution in [1.29, 1.82) is 0 Å². The van der Waals surface area contributed by atoms with Gasteiger partial charge in [-0.15, -0.1) is 5.10 Å². The van der Waals surface area contributed by atoms with Crippen molar-refractivity contribution in [3.05, 3.63) is 36.7 Å². The zero-order chi connectivity index (χ0) is 13.9. The number of benzene rings is 1. The standard InChI is InChI=1S/C14H17N5O/c15-11(10-5-6-10)9-14(20)17-12-3-1-2-4-13(12)19-8-7-16-18-19/h1-4,7-8,10-11H,5-6,9,15H2,(H,17,20). The molecule has 20 heavy (non-hydrogen) atoms. The Morgan fingerprint density at radius 2 is 2.25 bits per heavy atom. The molecule has 1 aromatic heterocycles. The monoisotopic (exact) mass is 271 g/mol. The van der Waals surface area contributed by atoms with Crippen LogP contribution in [-0.4, -0.2) is 26.9 Å². The normalized spacial score (nSPS) is 15.8. The van der Waals surface area contributed by atoms with Crippen molar-refractivity contribution in [1.82, 2.24) is 15.0 Å². The maximum atomic E-state index is 12.0. The predicted molar refractivity (Wildman–Crippen MR) is 75.3 cm³/mol. The van der Waals surface area contributed by atoms with Gasteiger partial charge >= 0.3 is 0 Å². The first-order chi connectivity index (χ1) is 9.74. The number of carbonyl (C=O) groups is 1. The Balaban J connectivity index is 1.72. The minimum Gasteiger partial charge on any atom is -0.327 e. The Kier molecular flexibility index (Phi) is 3.47. The van der Waals surface area contributed by atoms with Gasteiger partial charge in [-0.3, -0.25) is 4.79 Å². The Morgan fingerprint density at radius 1 is 1.45 bits per heavy atom. The third-order valence-corrected chi connectivity index (χ3v) is 3.50. The molecule has 1 fully saturated rings. The molecule has 1 heterocycles. The highest BCUT2D eigenvalue weighted by atomic mass is 16.1. The molecule has 104 valence electrons. The topological polar surface area (TPSA) is 85.8 Å². The maximum absolute atomic E-state index is 12.0. The van der Waals surface area contributed by atoms with Crippen LogP contribution in [0.25, 0.3) is 5.69 Å². The van der Waals surface area contributed by atoms with Crippen LogP contribution >= 0.6 is 0 Å².